The molecule has 0 N–H and O–H groups in total. The van der Waals surface area contributed by atoms with E-state index in [2.05, 4.69) is 0 Å². The van der Waals surface area contributed by atoms with E-state index in [1.807, 2.05) is 50.3 Å². The van der Waals surface area contributed by atoms with E-state index in [-0.39, 0.29) is 12.1 Å². The van der Waals surface area contributed by atoms with Gasteiger partial charge in [0.1, 0.15) is 12.4 Å². The Bertz CT molecular complexity index is 470. The molecule has 0 atom stereocenters. The van der Waals surface area contributed by atoms with Gasteiger partial charge in [-0.3, -0.25) is 4.79 Å². The Morgan fingerprint density at radius 2 is 2.00 bits per heavy atom. The van der Waals surface area contributed by atoms with Crippen molar-refractivity contribution >= 4 is 12.0 Å². The van der Waals surface area contributed by atoms with E-state index in [4.69, 9.17) is 9.47 Å². The minimum absolute atomic E-state index is 0.0905. The molecule has 1 aliphatic rings. The smallest absolute Gasteiger partial charge is 0.306 e. The molecular weight excluding hydrogens is 264 g/mol. The normalized spacial score (nSPS) is 14.6. The van der Waals surface area contributed by atoms with Gasteiger partial charge in [-0.2, -0.15) is 0 Å². The van der Waals surface area contributed by atoms with Crippen LogP contribution < -0.4 is 4.74 Å². The second-order valence-corrected chi connectivity index (χ2v) is 5.80. The monoisotopic (exact) mass is 288 g/mol. The van der Waals surface area contributed by atoms with Gasteiger partial charge in [-0.05, 0) is 50.0 Å². The Balaban J connectivity index is 1.66. The standard InChI is InChI=1S/C18H24O3/c1-14(2)21-17-10-7-15(8-11-17)4-3-13-20-18(19)12-9-16-5-6-16/h3-4,7-8,10-11,14,16H,5-6,9,12-13H2,1-2H3/b4-3+. The van der Waals surface area contributed by atoms with Gasteiger partial charge in [0.25, 0.3) is 0 Å². The molecule has 0 spiro atoms. The Hall–Kier alpha value is -1.77. The predicted molar refractivity (Wildman–Crippen MR) is 84.2 cm³/mol. The number of rotatable bonds is 8. The Morgan fingerprint density at radius 1 is 1.29 bits per heavy atom. The molecule has 3 nitrogen and oxygen atoms in total. The van der Waals surface area contributed by atoms with Crippen molar-refractivity contribution < 1.29 is 14.3 Å². The molecule has 1 saturated carbocycles. The van der Waals surface area contributed by atoms with Crippen LogP contribution in [0.1, 0.15) is 45.1 Å². The summed E-state index contributed by atoms with van der Waals surface area (Å²) in [5.41, 5.74) is 1.07. The van der Waals surface area contributed by atoms with Crippen LogP contribution >= 0.6 is 0 Å². The maximum atomic E-state index is 11.5. The number of esters is 1. The first-order chi connectivity index (χ1) is 10.1. The molecule has 0 aromatic heterocycles. The van der Waals surface area contributed by atoms with Crippen molar-refractivity contribution in [2.45, 2.75) is 45.6 Å². The third-order valence-corrected chi connectivity index (χ3v) is 3.36. The molecular formula is C18H24O3. The van der Waals surface area contributed by atoms with Gasteiger partial charge in [0.15, 0.2) is 0 Å². The van der Waals surface area contributed by atoms with Gasteiger partial charge in [0.05, 0.1) is 6.10 Å². The molecule has 1 aromatic rings. The number of carbonyl (C=O) groups excluding carboxylic acids is 1. The van der Waals surface area contributed by atoms with Crippen LogP contribution in [0.4, 0.5) is 0 Å². The summed E-state index contributed by atoms with van der Waals surface area (Å²) in [4.78, 5) is 11.5. The van der Waals surface area contributed by atoms with Crippen LogP contribution in [0.25, 0.3) is 6.08 Å². The summed E-state index contributed by atoms with van der Waals surface area (Å²) in [6.45, 7) is 4.35. The summed E-state index contributed by atoms with van der Waals surface area (Å²) in [5.74, 6) is 1.56. The lowest BCUT2D eigenvalue weighted by atomic mass is 10.2. The average molecular weight is 288 g/mol. The Kier molecular flexibility index (Phi) is 5.85. The zero-order chi connectivity index (χ0) is 15.1. The van der Waals surface area contributed by atoms with E-state index in [0.29, 0.717) is 13.0 Å². The quantitative estimate of drug-likeness (QED) is 0.672. The third-order valence-electron chi connectivity index (χ3n) is 3.36. The highest BCUT2D eigenvalue weighted by atomic mass is 16.5. The lowest BCUT2D eigenvalue weighted by Crippen LogP contribution is -2.05. The van der Waals surface area contributed by atoms with Gasteiger partial charge >= 0.3 is 5.97 Å². The molecule has 0 heterocycles. The van der Waals surface area contributed by atoms with Crippen molar-refractivity contribution in [3.05, 3.63) is 35.9 Å². The number of carbonyl (C=O) groups is 1. The third kappa shape index (κ3) is 6.48. The van der Waals surface area contributed by atoms with E-state index in [1.165, 1.54) is 12.8 Å². The summed E-state index contributed by atoms with van der Waals surface area (Å²) in [6, 6.07) is 7.87. The fourth-order valence-electron chi connectivity index (χ4n) is 2.06. The zero-order valence-electron chi connectivity index (χ0n) is 12.9. The second-order valence-electron chi connectivity index (χ2n) is 5.80. The van der Waals surface area contributed by atoms with Gasteiger partial charge in [-0.25, -0.2) is 0 Å². The molecule has 0 unspecified atom stereocenters. The molecule has 0 saturated heterocycles. The van der Waals surface area contributed by atoms with Gasteiger partial charge in [0.2, 0.25) is 0 Å². The van der Waals surface area contributed by atoms with Gasteiger partial charge in [-0.1, -0.05) is 31.1 Å². The summed E-state index contributed by atoms with van der Waals surface area (Å²) >= 11 is 0. The van der Waals surface area contributed by atoms with Crippen LogP contribution in [-0.4, -0.2) is 18.7 Å². The summed E-state index contributed by atoms with van der Waals surface area (Å²) in [7, 11) is 0. The first-order valence-corrected chi connectivity index (χ1v) is 7.72. The van der Waals surface area contributed by atoms with Crippen LogP contribution in [0, 0.1) is 5.92 Å². The lowest BCUT2D eigenvalue weighted by Gasteiger charge is -2.09. The molecule has 0 amide bonds. The van der Waals surface area contributed by atoms with E-state index < -0.39 is 0 Å². The first kappa shape index (κ1) is 15.6. The highest BCUT2D eigenvalue weighted by Crippen LogP contribution is 2.33. The zero-order valence-corrected chi connectivity index (χ0v) is 12.9. The van der Waals surface area contributed by atoms with Crippen LogP contribution in [0.5, 0.6) is 5.75 Å². The SMILES string of the molecule is CC(C)Oc1ccc(/C=C/COC(=O)CCC2CC2)cc1. The number of hydrogen-bond donors (Lipinski definition) is 0. The molecule has 1 aliphatic carbocycles. The van der Waals surface area contributed by atoms with E-state index in [9.17, 15) is 4.79 Å². The van der Waals surface area contributed by atoms with Crippen LogP contribution in [0.3, 0.4) is 0 Å². The van der Waals surface area contributed by atoms with Crippen molar-refractivity contribution in [1.29, 1.82) is 0 Å². The lowest BCUT2D eigenvalue weighted by molar-refractivity contribution is -0.142. The fourth-order valence-corrected chi connectivity index (χ4v) is 2.06. The molecule has 1 aromatic carbocycles. The Morgan fingerprint density at radius 3 is 2.62 bits per heavy atom. The summed E-state index contributed by atoms with van der Waals surface area (Å²) < 4.78 is 10.8. The van der Waals surface area contributed by atoms with Crippen molar-refractivity contribution in [1.82, 2.24) is 0 Å². The first-order valence-electron chi connectivity index (χ1n) is 7.72. The predicted octanol–water partition coefficient (Wildman–Crippen LogP) is 4.22. The molecule has 2 rings (SSSR count). The van der Waals surface area contributed by atoms with Crippen molar-refractivity contribution in [3.8, 4) is 5.75 Å². The van der Waals surface area contributed by atoms with Gasteiger partial charge in [0, 0.05) is 6.42 Å². The minimum Gasteiger partial charge on any atom is -0.491 e. The van der Waals surface area contributed by atoms with Crippen molar-refractivity contribution in [2.24, 2.45) is 5.92 Å². The highest BCUT2D eigenvalue weighted by Gasteiger charge is 2.21. The average Bonchev–Trinajstić information content (AvgIpc) is 3.27. The maximum Gasteiger partial charge on any atom is 0.306 e. The maximum absolute atomic E-state index is 11.5. The molecule has 0 aliphatic heterocycles. The van der Waals surface area contributed by atoms with E-state index >= 15 is 0 Å². The number of ether oxygens (including phenoxy) is 2. The van der Waals surface area contributed by atoms with E-state index in [1.54, 1.807) is 0 Å². The van der Waals surface area contributed by atoms with Crippen LogP contribution in [0.15, 0.2) is 30.3 Å². The Labute approximate surface area is 127 Å². The molecule has 114 valence electrons. The van der Waals surface area contributed by atoms with Crippen LogP contribution in [0.2, 0.25) is 0 Å². The van der Waals surface area contributed by atoms with Gasteiger partial charge in [-0.15, -0.1) is 0 Å². The topological polar surface area (TPSA) is 35.5 Å². The minimum atomic E-state index is -0.0905. The summed E-state index contributed by atoms with van der Waals surface area (Å²) in [5, 5.41) is 0. The highest BCUT2D eigenvalue weighted by molar-refractivity contribution is 5.69. The van der Waals surface area contributed by atoms with Crippen molar-refractivity contribution in [2.75, 3.05) is 6.61 Å². The number of benzene rings is 1. The molecule has 0 bridgehead atoms. The molecule has 3 heteroatoms. The number of hydrogen-bond acceptors (Lipinski definition) is 3. The fraction of sp³-hybridized carbons (Fsp3) is 0.500. The summed E-state index contributed by atoms with van der Waals surface area (Å²) in [6.07, 6.45) is 8.11. The van der Waals surface area contributed by atoms with Crippen LogP contribution in [-0.2, 0) is 9.53 Å². The second kappa shape index (κ2) is 7.87. The van der Waals surface area contributed by atoms with E-state index in [0.717, 1.165) is 23.7 Å². The molecule has 21 heavy (non-hydrogen) atoms. The molecule has 1 fully saturated rings. The van der Waals surface area contributed by atoms with Crippen molar-refractivity contribution in [3.63, 3.8) is 0 Å². The van der Waals surface area contributed by atoms with Gasteiger partial charge < -0.3 is 9.47 Å². The molecule has 0 radical (unpaired) electrons. The largest absolute Gasteiger partial charge is 0.491 e.